The number of aromatic nitrogens is 1. The molecule has 1 heterocycles. The number of pyridine rings is 1. The fraction of sp³-hybridized carbons (Fsp3) is 0.583. The summed E-state index contributed by atoms with van der Waals surface area (Å²) in [4.78, 5) is 6.48. The van der Waals surface area contributed by atoms with Gasteiger partial charge in [-0.25, -0.2) is 4.98 Å². The predicted octanol–water partition coefficient (Wildman–Crippen LogP) is 2.43. The Morgan fingerprint density at radius 3 is 2.88 bits per heavy atom. The molecule has 88 valence electrons. The molecule has 2 N–H and O–H groups in total. The molecule has 0 spiro atoms. The van der Waals surface area contributed by atoms with E-state index >= 15 is 0 Å². The van der Waals surface area contributed by atoms with Crippen LogP contribution >= 0.6 is 11.6 Å². The van der Waals surface area contributed by atoms with E-state index in [2.05, 4.69) is 9.88 Å². The van der Waals surface area contributed by atoms with Gasteiger partial charge in [0.05, 0.1) is 5.02 Å². The van der Waals surface area contributed by atoms with Gasteiger partial charge in [-0.3, -0.25) is 0 Å². The van der Waals surface area contributed by atoms with E-state index in [1.807, 2.05) is 13.1 Å². The van der Waals surface area contributed by atoms with Gasteiger partial charge in [0.15, 0.2) is 0 Å². The van der Waals surface area contributed by atoms with E-state index < -0.39 is 0 Å². The van der Waals surface area contributed by atoms with E-state index in [-0.39, 0.29) is 0 Å². The molecule has 1 aromatic heterocycles. The Labute approximate surface area is 102 Å². The lowest BCUT2D eigenvalue weighted by Crippen LogP contribution is -2.30. The van der Waals surface area contributed by atoms with E-state index in [1.165, 1.54) is 19.3 Å². The molecule has 1 fully saturated rings. The first-order valence-electron chi connectivity index (χ1n) is 5.77. The molecular weight excluding hydrogens is 222 g/mol. The highest BCUT2D eigenvalue weighted by Crippen LogP contribution is 2.31. The van der Waals surface area contributed by atoms with Crippen molar-refractivity contribution in [3.8, 4) is 0 Å². The van der Waals surface area contributed by atoms with Crippen LogP contribution in [0.25, 0.3) is 0 Å². The molecule has 1 aliphatic carbocycles. The molecule has 0 amide bonds. The zero-order valence-corrected chi connectivity index (χ0v) is 10.4. The van der Waals surface area contributed by atoms with E-state index in [9.17, 15) is 0 Å². The zero-order valence-electron chi connectivity index (χ0n) is 9.62. The highest BCUT2D eigenvalue weighted by atomic mass is 35.5. The summed E-state index contributed by atoms with van der Waals surface area (Å²) in [5.74, 6) is 1.67. The summed E-state index contributed by atoms with van der Waals surface area (Å²) in [7, 11) is 2.05. The smallest absolute Gasteiger partial charge is 0.147 e. The van der Waals surface area contributed by atoms with E-state index in [0.717, 1.165) is 23.8 Å². The highest BCUT2D eigenvalue weighted by Gasteiger charge is 2.21. The lowest BCUT2D eigenvalue weighted by Gasteiger charge is -2.31. The summed E-state index contributed by atoms with van der Waals surface area (Å²) in [6.07, 6.45) is 5.81. The number of hydrogen-bond donors (Lipinski definition) is 1. The van der Waals surface area contributed by atoms with Crippen molar-refractivity contribution in [3.63, 3.8) is 0 Å². The van der Waals surface area contributed by atoms with Gasteiger partial charge < -0.3 is 10.6 Å². The predicted molar refractivity (Wildman–Crippen MR) is 67.7 cm³/mol. The number of rotatable bonds is 4. The maximum absolute atomic E-state index is 6.26. The second-order valence-electron chi connectivity index (χ2n) is 4.49. The summed E-state index contributed by atoms with van der Waals surface area (Å²) in [5, 5.41) is 0.701. The summed E-state index contributed by atoms with van der Waals surface area (Å²) in [6, 6.07) is 1.88. The first-order chi connectivity index (χ1) is 7.72. The number of nitrogens with zero attached hydrogens (tertiary/aromatic N) is 2. The minimum absolute atomic E-state index is 0.464. The van der Waals surface area contributed by atoms with Crippen LogP contribution in [0.2, 0.25) is 5.02 Å². The molecule has 0 bridgehead atoms. The molecule has 2 rings (SSSR count). The van der Waals surface area contributed by atoms with Crippen LogP contribution < -0.4 is 10.6 Å². The van der Waals surface area contributed by atoms with Crippen molar-refractivity contribution in [2.24, 2.45) is 11.7 Å². The molecule has 0 atom stereocenters. The average Bonchev–Trinajstić information content (AvgIpc) is 2.23. The second kappa shape index (κ2) is 5.02. The summed E-state index contributed by atoms with van der Waals surface area (Å²) < 4.78 is 0. The number of nitrogens with two attached hydrogens (primary N) is 1. The molecule has 1 saturated carbocycles. The molecular formula is C12H18ClN3. The first kappa shape index (κ1) is 11.7. The van der Waals surface area contributed by atoms with Crippen molar-refractivity contribution in [2.75, 3.05) is 18.5 Å². The van der Waals surface area contributed by atoms with Gasteiger partial charge >= 0.3 is 0 Å². The average molecular weight is 240 g/mol. The molecule has 0 saturated heterocycles. The Balaban J connectivity index is 2.11. The summed E-state index contributed by atoms with van der Waals surface area (Å²) in [6.45, 7) is 1.51. The van der Waals surface area contributed by atoms with Crippen LogP contribution in [0.15, 0.2) is 12.3 Å². The minimum atomic E-state index is 0.464. The topological polar surface area (TPSA) is 42.2 Å². The fourth-order valence-corrected chi connectivity index (χ4v) is 2.38. The SMILES string of the molecule is CN(CC1CCC1)c1nccc(CN)c1Cl. The third-order valence-corrected chi connectivity index (χ3v) is 3.70. The van der Waals surface area contributed by atoms with Crippen molar-refractivity contribution in [3.05, 3.63) is 22.8 Å². The fourth-order valence-electron chi connectivity index (χ4n) is 2.04. The monoisotopic (exact) mass is 239 g/mol. The van der Waals surface area contributed by atoms with Gasteiger partial charge in [0.2, 0.25) is 0 Å². The number of hydrogen-bond acceptors (Lipinski definition) is 3. The maximum Gasteiger partial charge on any atom is 0.147 e. The highest BCUT2D eigenvalue weighted by molar-refractivity contribution is 6.33. The standard InChI is InChI=1S/C12H18ClN3/c1-16(8-9-3-2-4-9)12-11(13)10(7-14)5-6-15-12/h5-6,9H,2-4,7-8,14H2,1H3. The second-order valence-corrected chi connectivity index (χ2v) is 4.87. The maximum atomic E-state index is 6.26. The van der Waals surface area contributed by atoms with Crippen LogP contribution in [-0.2, 0) is 6.54 Å². The van der Waals surface area contributed by atoms with Crippen LogP contribution in [-0.4, -0.2) is 18.6 Å². The number of halogens is 1. The Bertz CT molecular complexity index is 363. The molecule has 0 radical (unpaired) electrons. The summed E-state index contributed by atoms with van der Waals surface area (Å²) >= 11 is 6.26. The van der Waals surface area contributed by atoms with Crippen LogP contribution in [0.5, 0.6) is 0 Å². The Morgan fingerprint density at radius 1 is 1.56 bits per heavy atom. The van der Waals surface area contributed by atoms with E-state index in [0.29, 0.717) is 11.6 Å². The Kier molecular flexibility index (Phi) is 3.66. The normalized spacial score (nSPS) is 15.9. The largest absolute Gasteiger partial charge is 0.358 e. The van der Waals surface area contributed by atoms with Crippen molar-refractivity contribution in [1.29, 1.82) is 0 Å². The molecule has 4 heteroatoms. The zero-order chi connectivity index (χ0) is 11.5. The third-order valence-electron chi connectivity index (χ3n) is 3.29. The number of anilines is 1. The molecule has 1 aromatic rings. The van der Waals surface area contributed by atoms with Gasteiger partial charge in [0.25, 0.3) is 0 Å². The van der Waals surface area contributed by atoms with Crippen molar-refractivity contribution in [1.82, 2.24) is 4.98 Å². The van der Waals surface area contributed by atoms with Gasteiger partial charge in [-0.2, -0.15) is 0 Å². The Hall–Kier alpha value is -0.800. The molecule has 0 aliphatic heterocycles. The first-order valence-corrected chi connectivity index (χ1v) is 6.14. The minimum Gasteiger partial charge on any atom is -0.358 e. The summed E-state index contributed by atoms with van der Waals surface area (Å²) in [5.41, 5.74) is 6.59. The van der Waals surface area contributed by atoms with Crippen molar-refractivity contribution >= 4 is 17.4 Å². The van der Waals surface area contributed by atoms with E-state index in [1.54, 1.807) is 6.20 Å². The third kappa shape index (κ3) is 2.30. The molecule has 0 aromatic carbocycles. The lowest BCUT2D eigenvalue weighted by atomic mass is 9.85. The molecule has 1 aliphatic rings. The lowest BCUT2D eigenvalue weighted by molar-refractivity contribution is 0.321. The Morgan fingerprint density at radius 2 is 2.31 bits per heavy atom. The van der Waals surface area contributed by atoms with Gasteiger partial charge in [-0.05, 0) is 30.4 Å². The molecule has 3 nitrogen and oxygen atoms in total. The van der Waals surface area contributed by atoms with Crippen molar-refractivity contribution in [2.45, 2.75) is 25.8 Å². The van der Waals surface area contributed by atoms with Gasteiger partial charge in [-0.15, -0.1) is 0 Å². The van der Waals surface area contributed by atoms with Crippen LogP contribution in [0.4, 0.5) is 5.82 Å². The van der Waals surface area contributed by atoms with Gasteiger partial charge in [0.1, 0.15) is 5.82 Å². The van der Waals surface area contributed by atoms with Gasteiger partial charge in [0, 0.05) is 26.3 Å². The van der Waals surface area contributed by atoms with Gasteiger partial charge in [-0.1, -0.05) is 18.0 Å². The quantitative estimate of drug-likeness (QED) is 0.878. The van der Waals surface area contributed by atoms with Crippen LogP contribution in [0.1, 0.15) is 24.8 Å². The van der Waals surface area contributed by atoms with E-state index in [4.69, 9.17) is 17.3 Å². The van der Waals surface area contributed by atoms with Crippen LogP contribution in [0.3, 0.4) is 0 Å². The molecule has 16 heavy (non-hydrogen) atoms. The molecule has 0 unspecified atom stereocenters. The van der Waals surface area contributed by atoms with Crippen LogP contribution in [0, 0.1) is 5.92 Å². The van der Waals surface area contributed by atoms with Crippen molar-refractivity contribution < 1.29 is 0 Å².